The lowest BCUT2D eigenvalue weighted by molar-refractivity contribution is 0.0764. The first-order valence-corrected chi connectivity index (χ1v) is 7.06. The highest BCUT2D eigenvalue weighted by Gasteiger charge is 2.15. The molecule has 104 valence electrons. The topological polar surface area (TPSA) is 53.2 Å². The first kappa shape index (κ1) is 14.3. The van der Waals surface area contributed by atoms with E-state index in [1.807, 2.05) is 19.1 Å². The SMILES string of the molecule is C=CCN(Cc1ccc(C)s1)C(=O)c1ccc(=O)[nH]c1. The number of hydrogen-bond donors (Lipinski definition) is 1. The Morgan fingerprint density at radius 3 is 2.75 bits per heavy atom. The van der Waals surface area contributed by atoms with Crippen LogP contribution < -0.4 is 5.56 Å². The Morgan fingerprint density at radius 2 is 2.20 bits per heavy atom. The lowest BCUT2D eigenvalue weighted by Crippen LogP contribution is -2.30. The van der Waals surface area contributed by atoms with Crippen LogP contribution in [0.1, 0.15) is 20.1 Å². The summed E-state index contributed by atoms with van der Waals surface area (Å²) in [5, 5.41) is 0. The van der Waals surface area contributed by atoms with Gasteiger partial charge in [-0.15, -0.1) is 17.9 Å². The Hall–Kier alpha value is -2.14. The Morgan fingerprint density at radius 1 is 1.40 bits per heavy atom. The van der Waals surface area contributed by atoms with E-state index in [0.29, 0.717) is 18.7 Å². The van der Waals surface area contributed by atoms with Gasteiger partial charge in [0.25, 0.3) is 5.91 Å². The molecule has 0 aromatic carbocycles. The second-order valence-corrected chi connectivity index (χ2v) is 5.80. The van der Waals surface area contributed by atoms with Crippen molar-refractivity contribution in [3.8, 4) is 0 Å². The molecular formula is C15H16N2O2S. The molecule has 1 amide bonds. The highest BCUT2D eigenvalue weighted by Crippen LogP contribution is 2.18. The summed E-state index contributed by atoms with van der Waals surface area (Å²) >= 11 is 1.67. The van der Waals surface area contributed by atoms with Crippen LogP contribution in [0.15, 0.2) is 47.9 Å². The van der Waals surface area contributed by atoms with Gasteiger partial charge >= 0.3 is 0 Å². The highest BCUT2D eigenvalue weighted by atomic mass is 32.1. The number of carbonyl (C=O) groups is 1. The highest BCUT2D eigenvalue weighted by molar-refractivity contribution is 7.11. The van der Waals surface area contributed by atoms with E-state index >= 15 is 0 Å². The summed E-state index contributed by atoms with van der Waals surface area (Å²) in [6.45, 7) is 6.74. The van der Waals surface area contributed by atoms with E-state index in [-0.39, 0.29) is 11.5 Å². The van der Waals surface area contributed by atoms with Gasteiger partial charge in [-0.05, 0) is 25.1 Å². The van der Waals surface area contributed by atoms with Crippen LogP contribution in [0.2, 0.25) is 0 Å². The van der Waals surface area contributed by atoms with Crippen molar-refractivity contribution in [1.82, 2.24) is 9.88 Å². The molecule has 0 saturated heterocycles. The number of pyridine rings is 1. The van der Waals surface area contributed by atoms with Gasteiger partial charge in [0.2, 0.25) is 5.56 Å². The molecule has 20 heavy (non-hydrogen) atoms. The second-order valence-electron chi connectivity index (χ2n) is 4.43. The standard InChI is InChI=1S/C15H16N2O2S/c1-3-8-17(10-13-6-4-11(2)20-13)15(19)12-5-7-14(18)16-9-12/h3-7,9H,1,8,10H2,2H3,(H,16,18). The van der Waals surface area contributed by atoms with Crippen molar-refractivity contribution in [2.24, 2.45) is 0 Å². The summed E-state index contributed by atoms with van der Waals surface area (Å²) in [5.41, 5.74) is 0.255. The minimum atomic E-state index is -0.217. The number of amides is 1. The molecule has 2 rings (SSSR count). The van der Waals surface area contributed by atoms with Crippen LogP contribution in [0.4, 0.5) is 0 Å². The summed E-state index contributed by atoms with van der Waals surface area (Å²) in [6, 6.07) is 6.96. The van der Waals surface area contributed by atoms with Crippen molar-refractivity contribution >= 4 is 17.2 Å². The van der Waals surface area contributed by atoms with E-state index in [1.165, 1.54) is 23.2 Å². The maximum atomic E-state index is 12.4. The number of carbonyl (C=O) groups excluding carboxylic acids is 1. The van der Waals surface area contributed by atoms with E-state index in [4.69, 9.17) is 0 Å². The fraction of sp³-hybridized carbons (Fsp3) is 0.200. The number of aromatic nitrogens is 1. The van der Waals surface area contributed by atoms with Gasteiger partial charge in [0.15, 0.2) is 0 Å². The molecule has 0 unspecified atom stereocenters. The number of nitrogens with one attached hydrogen (secondary N) is 1. The van der Waals surface area contributed by atoms with Crippen molar-refractivity contribution in [3.63, 3.8) is 0 Å². The molecule has 2 aromatic heterocycles. The van der Waals surface area contributed by atoms with Crippen LogP contribution in [-0.2, 0) is 6.54 Å². The van der Waals surface area contributed by atoms with Gasteiger partial charge in [0, 0.05) is 28.6 Å². The molecule has 0 aliphatic heterocycles. The van der Waals surface area contributed by atoms with E-state index in [0.717, 1.165) is 4.88 Å². The number of aryl methyl sites for hydroxylation is 1. The average molecular weight is 288 g/mol. The number of hydrogen-bond acceptors (Lipinski definition) is 3. The molecule has 4 nitrogen and oxygen atoms in total. The number of H-pyrrole nitrogens is 1. The Kier molecular flexibility index (Phi) is 4.53. The average Bonchev–Trinajstić information content (AvgIpc) is 2.84. The quantitative estimate of drug-likeness (QED) is 0.860. The smallest absolute Gasteiger partial charge is 0.255 e. The van der Waals surface area contributed by atoms with E-state index in [2.05, 4.69) is 11.6 Å². The number of nitrogens with zero attached hydrogens (tertiary/aromatic N) is 1. The maximum absolute atomic E-state index is 12.4. The van der Waals surface area contributed by atoms with Crippen LogP contribution in [0, 0.1) is 6.92 Å². The second kappa shape index (κ2) is 6.34. The molecule has 1 N–H and O–H groups in total. The number of aromatic amines is 1. The van der Waals surface area contributed by atoms with Crippen molar-refractivity contribution in [1.29, 1.82) is 0 Å². The first-order valence-electron chi connectivity index (χ1n) is 6.24. The summed E-state index contributed by atoms with van der Waals surface area (Å²) in [4.78, 5) is 30.0. The fourth-order valence-corrected chi connectivity index (χ4v) is 2.77. The normalized spacial score (nSPS) is 10.2. The molecule has 2 heterocycles. The summed E-state index contributed by atoms with van der Waals surface area (Å²) in [5.74, 6) is -0.118. The predicted octanol–water partition coefficient (Wildman–Crippen LogP) is 2.57. The van der Waals surface area contributed by atoms with Crippen LogP contribution in [0.3, 0.4) is 0 Å². The molecule has 2 aromatic rings. The molecule has 5 heteroatoms. The summed E-state index contributed by atoms with van der Waals surface area (Å²) < 4.78 is 0. The predicted molar refractivity (Wildman–Crippen MR) is 81.1 cm³/mol. The van der Waals surface area contributed by atoms with Crippen molar-refractivity contribution < 1.29 is 4.79 Å². The summed E-state index contributed by atoms with van der Waals surface area (Å²) in [6.07, 6.45) is 3.14. The third-order valence-electron chi connectivity index (χ3n) is 2.81. The Bertz CT molecular complexity index is 652. The van der Waals surface area contributed by atoms with Gasteiger partial charge in [0.05, 0.1) is 12.1 Å². The van der Waals surface area contributed by atoms with Crippen LogP contribution in [-0.4, -0.2) is 22.3 Å². The molecule has 0 bridgehead atoms. The molecule has 0 spiro atoms. The fourth-order valence-electron chi connectivity index (χ4n) is 1.86. The third-order valence-corrected chi connectivity index (χ3v) is 3.80. The lowest BCUT2D eigenvalue weighted by Gasteiger charge is -2.20. The molecular weight excluding hydrogens is 272 g/mol. The van der Waals surface area contributed by atoms with Crippen LogP contribution >= 0.6 is 11.3 Å². The largest absolute Gasteiger partial charge is 0.330 e. The molecule has 0 saturated carbocycles. The maximum Gasteiger partial charge on any atom is 0.255 e. The van der Waals surface area contributed by atoms with Gasteiger partial charge in [-0.1, -0.05) is 6.08 Å². The lowest BCUT2D eigenvalue weighted by atomic mass is 10.2. The summed E-state index contributed by atoms with van der Waals surface area (Å²) in [7, 11) is 0. The zero-order chi connectivity index (χ0) is 14.5. The molecule has 0 aliphatic carbocycles. The molecule has 0 atom stereocenters. The van der Waals surface area contributed by atoms with Crippen molar-refractivity contribution in [3.05, 3.63) is 68.8 Å². The van der Waals surface area contributed by atoms with Gasteiger partial charge in [-0.2, -0.15) is 0 Å². The Balaban J connectivity index is 2.19. The Labute approximate surface area is 121 Å². The molecule has 0 aliphatic rings. The van der Waals surface area contributed by atoms with Crippen LogP contribution in [0.5, 0.6) is 0 Å². The third kappa shape index (κ3) is 3.45. The van der Waals surface area contributed by atoms with Gasteiger partial charge in [-0.25, -0.2) is 0 Å². The van der Waals surface area contributed by atoms with Gasteiger partial charge in [-0.3, -0.25) is 9.59 Å². The molecule has 0 radical (unpaired) electrons. The number of rotatable bonds is 5. The van der Waals surface area contributed by atoms with Gasteiger partial charge in [0.1, 0.15) is 0 Å². The monoisotopic (exact) mass is 288 g/mol. The van der Waals surface area contributed by atoms with E-state index in [1.54, 1.807) is 22.3 Å². The number of thiophene rings is 1. The van der Waals surface area contributed by atoms with Crippen molar-refractivity contribution in [2.75, 3.05) is 6.54 Å². The van der Waals surface area contributed by atoms with Crippen LogP contribution in [0.25, 0.3) is 0 Å². The van der Waals surface area contributed by atoms with Gasteiger partial charge < -0.3 is 9.88 Å². The zero-order valence-electron chi connectivity index (χ0n) is 11.3. The van der Waals surface area contributed by atoms with Crippen molar-refractivity contribution in [2.45, 2.75) is 13.5 Å². The molecule has 0 fully saturated rings. The van der Waals surface area contributed by atoms with E-state index < -0.39 is 0 Å². The zero-order valence-corrected chi connectivity index (χ0v) is 12.1. The minimum Gasteiger partial charge on any atom is -0.330 e. The first-order chi connectivity index (χ1) is 9.60. The minimum absolute atomic E-state index is 0.118. The van der Waals surface area contributed by atoms with E-state index in [9.17, 15) is 9.59 Å².